The standard InChI is InChI=1S/C21H22N6OS.C2H6.CH3Cl/c1-3-19(28)26-8-10-27(11-9-26)21-15-5-4-14(12-16(15)23-13-24-21)20-17(29-2)6-7-18(22)25-20;2*1-2/h3-7,12-13H,1,8-11H2,2H3,(H2,22,25);1-2H3;1H3. The molecule has 1 amide bonds. The van der Waals surface area contributed by atoms with Crippen molar-refractivity contribution < 1.29 is 4.79 Å². The SMILES string of the molecule is C=CC(=O)N1CCN(c2ncnc3cc(-c4nc(N)ccc4SC)ccc23)CC1.CC.CCl. The molecule has 1 aliphatic rings. The highest BCUT2D eigenvalue weighted by Crippen LogP contribution is 2.32. The van der Waals surface area contributed by atoms with Crippen LogP contribution in [-0.2, 0) is 4.79 Å². The summed E-state index contributed by atoms with van der Waals surface area (Å²) in [6.45, 7) is 10.3. The molecule has 1 aromatic carbocycles. The minimum Gasteiger partial charge on any atom is -0.384 e. The maximum absolute atomic E-state index is 11.8. The second-order valence-electron chi connectivity index (χ2n) is 6.73. The van der Waals surface area contributed by atoms with E-state index >= 15 is 0 Å². The van der Waals surface area contributed by atoms with Crippen LogP contribution in [0.15, 0.2) is 54.2 Å². The Hall–Kier alpha value is -2.84. The number of amides is 1. The van der Waals surface area contributed by atoms with Crippen LogP contribution in [0.4, 0.5) is 11.6 Å². The van der Waals surface area contributed by atoms with E-state index in [1.54, 1.807) is 23.0 Å². The van der Waals surface area contributed by atoms with Crippen molar-refractivity contribution in [2.45, 2.75) is 18.7 Å². The number of aromatic nitrogens is 3. The lowest BCUT2D eigenvalue weighted by molar-refractivity contribution is -0.126. The Kier molecular flexibility index (Phi) is 10.4. The van der Waals surface area contributed by atoms with Gasteiger partial charge in [-0.2, -0.15) is 0 Å². The molecule has 0 saturated carbocycles. The zero-order chi connectivity index (χ0) is 24.4. The minimum absolute atomic E-state index is 0.0268. The van der Waals surface area contributed by atoms with Crippen molar-refractivity contribution in [1.29, 1.82) is 0 Å². The van der Waals surface area contributed by atoms with Gasteiger partial charge in [0.05, 0.1) is 11.2 Å². The fraction of sp³-hybridized carbons (Fsp3) is 0.333. The number of anilines is 2. The number of halogens is 1. The second-order valence-corrected chi connectivity index (χ2v) is 7.58. The van der Waals surface area contributed by atoms with Gasteiger partial charge in [0.1, 0.15) is 18.0 Å². The van der Waals surface area contributed by atoms with Gasteiger partial charge in [-0.15, -0.1) is 23.4 Å². The Morgan fingerprint density at radius 3 is 2.45 bits per heavy atom. The van der Waals surface area contributed by atoms with E-state index in [0.29, 0.717) is 18.9 Å². The Morgan fingerprint density at radius 2 is 1.82 bits per heavy atom. The third-order valence-corrected chi connectivity index (χ3v) is 5.82. The molecule has 1 fully saturated rings. The number of carbonyl (C=O) groups is 1. The van der Waals surface area contributed by atoms with Crippen LogP contribution >= 0.6 is 23.4 Å². The highest BCUT2D eigenvalue weighted by Gasteiger charge is 2.22. The Morgan fingerprint density at radius 1 is 1.12 bits per heavy atom. The second kappa shape index (κ2) is 13.0. The first kappa shape index (κ1) is 26.4. The fourth-order valence-electron chi connectivity index (χ4n) is 3.54. The van der Waals surface area contributed by atoms with Gasteiger partial charge < -0.3 is 15.5 Å². The predicted molar refractivity (Wildman–Crippen MR) is 141 cm³/mol. The van der Waals surface area contributed by atoms with E-state index in [-0.39, 0.29) is 5.91 Å². The van der Waals surface area contributed by atoms with Crippen molar-refractivity contribution in [2.75, 3.05) is 49.5 Å². The molecule has 0 radical (unpaired) electrons. The smallest absolute Gasteiger partial charge is 0.246 e. The lowest BCUT2D eigenvalue weighted by Gasteiger charge is -2.35. The number of benzene rings is 1. The first-order valence-electron chi connectivity index (χ1n) is 10.7. The summed E-state index contributed by atoms with van der Waals surface area (Å²) >= 11 is 6.28. The van der Waals surface area contributed by atoms with Crippen molar-refractivity contribution in [3.8, 4) is 11.3 Å². The molecule has 0 aliphatic carbocycles. The normalized spacial score (nSPS) is 12.9. The van der Waals surface area contributed by atoms with Crippen molar-refractivity contribution in [2.24, 2.45) is 0 Å². The van der Waals surface area contributed by atoms with E-state index < -0.39 is 0 Å². The van der Waals surface area contributed by atoms with Crippen molar-refractivity contribution in [3.05, 3.63) is 49.3 Å². The fourth-order valence-corrected chi connectivity index (χ4v) is 4.10. The molecule has 0 unspecified atom stereocenters. The minimum atomic E-state index is -0.0268. The summed E-state index contributed by atoms with van der Waals surface area (Å²) in [6, 6.07) is 9.90. The van der Waals surface area contributed by atoms with Crippen LogP contribution in [-0.4, -0.2) is 64.6 Å². The van der Waals surface area contributed by atoms with Gasteiger partial charge in [0, 0.05) is 48.4 Å². The average Bonchev–Trinajstić information content (AvgIpc) is 2.90. The van der Waals surface area contributed by atoms with E-state index in [1.165, 1.54) is 12.5 Å². The van der Waals surface area contributed by atoms with Crippen LogP contribution in [0.3, 0.4) is 0 Å². The number of hydrogen-bond acceptors (Lipinski definition) is 7. The monoisotopic (exact) mass is 486 g/mol. The molecular formula is C24H31ClN6OS. The van der Waals surface area contributed by atoms with E-state index in [4.69, 9.17) is 5.73 Å². The van der Waals surface area contributed by atoms with Gasteiger partial charge >= 0.3 is 0 Å². The number of piperazine rings is 1. The van der Waals surface area contributed by atoms with E-state index in [2.05, 4.69) is 38.0 Å². The van der Waals surface area contributed by atoms with E-state index in [1.807, 2.05) is 50.4 Å². The van der Waals surface area contributed by atoms with E-state index in [0.717, 1.165) is 46.0 Å². The van der Waals surface area contributed by atoms with Crippen LogP contribution in [0.25, 0.3) is 22.2 Å². The summed E-state index contributed by atoms with van der Waals surface area (Å²) in [5, 5.41) is 0.981. The lowest BCUT2D eigenvalue weighted by Crippen LogP contribution is -2.48. The van der Waals surface area contributed by atoms with Crippen LogP contribution in [0.2, 0.25) is 0 Å². The summed E-state index contributed by atoms with van der Waals surface area (Å²) in [6.07, 6.45) is 6.45. The molecule has 0 spiro atoms. The Labute approximate surface area is 205 Å². The van der Waals surface area contributed by atoms with Crippen LogP contribution in [0.5, 0.6) is 0 Å². The number of carbonyl (C=O) groups excluding carboxylic acids is 1. The van der Waals surface area contributed by atoms with Gasteiger partial charge in [0.25, 0.3) is 0 Å². The van der Waals surface area contributed by atoms with Crippen LogP contribution in [0.1, 0.15) is 13.8 Å². The van der Waals surface area contributed by atoms with Gasteiger partial charge in [-0.25, -0.2) is 15.0 Å². The number of rotatable bonds is 4. The highest BCUT2D eigenvalue weighted by atomic mass is 35.5. The van der Waals surface area contributed by atoms with Crippen LogP contribution in [0, 0.1) is 0 Å². The average molecular weight is 487 g/mol. The number of alkyl halides is 1. The van der Waals surface area contributed by atoms with Gasteiger partial charge in [0.15, 0.2) is 0 Å². The molecule has 1 saturated heterocycles. The maximum atomic E-state index is 11.8. The first-order valence-corrected chi connectivity index (χ1v) is 12.7. The zero-order valence-corrected chi connectivity index (χ0v) is 21.2. The molecule has 176 valence electrons. The molecule has 2 aromatic heterocycles. The topological polar surface area (TPSA) is 88.2 Å². The third-order valence-electron chi connectivity index (χ3n) is 5.05. The number of nitrogens with zero attached hydrogens (tertiary/aromatic N) is 5. The van der Waals surface area contributed by atoms with Gasteiger partial charge in [-0.1, -0.05) is 26.5 Å². The molecular weight excluding hydrogens is 456 g/mol. The van der Waals surface area contributed by atoms with Gasteiger partial charge in [-0.05, 0) is 36.6 Å². The molecule has 3 heterocycles. The summed E-state index contributed by atoms with van der Waals surface area (Å²) in [5.74, 6) is 1.35. The summed E-state index contributed by atoms with van der Waals surface area (Å²) in [7, 11) is 0. The molecule has 0 bridgehead atoms. The van der Waals surface area contributed by atoms with Crippen molar-refractivity contribution in [3.63, 3.8) is 0 Å². The number of nitrogen functional groups attached to an aromatic ring is 1. The van der Waals surface area contributed by atoms with E-state index in [9.17, 15) is 4.79 Å². The zero-order valence-electron chi connectivity index (χ0n) is 19.6. The summed E-state index contributed by atoms with van der Waals surface area (Å²) in [4.78, 5) is 30.4. The summed E-state index contributed by atoms with van der Waals surface area (Å²) < 4.78 is 0. The molecule has 0 atom stereocenters. The summed E-state index contributed by atoms with van der Waals surface area (Å²) in [5.41, 5.74) is 8.59. The van der Waals surface area contributed by atoms with Gasteiger partial charge in [-0.3, -0.25) is 4.79 Å². The predicted octanol–water partition coefficient (Wildman–Crippen LogP) is 4.71. The number of pyridine rings is 1. The molecule has 9 heteroatoms. The van der Waals surface area contributed by atoms with Crippen LogP contribution < -0.4 is 10.6 Å². The third kappa shape index (κ3) is 6.15. The number of nitrogens with two attached hydrogens (primary N) is 1. The number of thioether (sulfide) groups is 1. The molecule has 1 aliphatic heterocycles. The first-order chi connectivity index (χ1) is 16.1. The molecule has 7 nitrogen and oxygen atoms in total. The number of fused-ring (bicyclic) bond motifs is 1. The molecule has 2 N–H and O–H groups in total. The number of hydrogen-bond donors (Lipinski definition) is 1. The largest absolute Gasteiger partial charge is 0.384 e. The highest BCUT2D eigenvalue weighted by molar-refractivity contribution is 7.98. The molecule has 3 aromatic rings. The molecule has 4 rings (SSSR count). The van der Waals surface area contributed by atoms with Crippen molar-refractivity contribution in [1.82, 2.24) is 19.9 Å². The quantitative estimate of drug-likeness (QED) is 0.324. The maximum Gasteiger partial charge on any atom is 0.246 e. The lowest BCUT2D eigenvalue weighted by atomic mass is 10.1. The Balaban J connectivity index is 0.000000914. The molecule has 33 heavy (non-hydrogen) atoms. The Bertz CT molecular complexity index is 1090. The van der Waals surface area contributed by atoms with Gasteiger partial charge in [0.2, 0.25) is 5.91 Å². The van der Waals surface area contributed by atoms with Crippen molar-refractivity contribution >= 4 is 51.8 Å².